The zero-order valence-corrected chi connectivity index (χ0v) is 11.9. The van der Waals surface area contributed by atoms with Gasteiger partial charge in [-0.15, -0.1) is 0 Å². The summed E-state index contributed by atoms with van der Waals surface area (Å²) < 4.78 is 1.63. The van der Waals surface area contributed by atoms with Crippen LogP contribution in [-0.2, 0) is 7.05 Å². The number of nitrogens with zero attached hydrogens (tertiary/aromatic N) is 2. The van der Waals surface area contributed by atoms with Gasteiger partial charge >= 0.3 is 0 Å². The van der Waals surface area contributed by atoms with Crippen molar-refractivity contribution in [2.75, 3.05) is 11.1 Å². The van der Waals surface area contributed by atoms with E-state index in [0.717, 1.165) is 16.5 Å². The van der Waals surface area contributed by atoms with Crippen molar-refractivity contribution < 1.29 is 4.79 Å². The zero-order valence-electron chi connectivity index (χ0n) is 11.9. The van der Waals surface area contributed by atoms with Gasteiger partial charge in [0.25, 0.3) is 5.91 Å². The molecule has 1 amide bonds. The molecule has 106 valence electrons. The molecule has 3 aromatic rings. The Morgan fingerprint density at radius 1 is 1.19 bits per heavy atom. The lowest BCUT2D eigenvalue weighted by molar-refractivity contribution is 0.102. The fourth-order valence-corrected chi connectivity index (χ4v) is 2.37. The lowest BCUT2D eigenvalue weighted by Gasteiger charge is -2.09. The number of fused-ring (bicyclic) bond motifs is 1. The van der Waals surface area contributed by atoms with Gasteiger partial charge in [0, 0.05) is 18.8 Å². The molecule has 0 radical (unpaired) electrons. The Balaban J connectivity index is 1.97. The van der Waals surface area contributed by atoms with Gasteiger partial charge in [0.05, 0.1) is 11.3 Å². The summed E-state index contributed by atoms with van der Waals surface area (Å²) in [5, 5.41) is 9.04. The molecule has 1 heterocycles. The van der Waals surface area contributed by atoms with Crippen molar-refractivity contribution in [2.45, 2.75) is 6.92 Å². The van der Waals surface area contributed by atoms with Crippen LogP contribution in [0.2, 0.25) is 0 Å². The summed E-state index contributed by atoms with van der Waals surface area (Å²) in [6.45, 7) is 1.88. The smallest absolute Gasteiger partial charge is 0.258 e. The molecule has 0 spiro atoms. The molecular formula is C16H16N4O. The van der Waals surface area contributed by atoms with Gasteiger partial charge in [-0.2, -0.15) is 5.10 Å². The Morgan fingerprint density at radius 3 is 2.48 bits per heavy atom. The summed E-state index contributed by atoms with van der Waals surface area (Å²) >= 11 is 0. The van der Waals surface area contributed by atoms with Gasteiger partial charge in [-0.1, -0.05) is 24.3 Å². The SMILES string of the molecule is Cc1cc(NC(=O)c2cc3ccccc3cc2N)n(C)n1. The van der Waals surface area contributed by atoms with Crippen LogP contribution in [0.15, 0.2) is 42.5 Å². The van der Waals surface area contributed by atoms with Crippen molar-refractivity contribution in [1.29, 1.82) is 0 Å². The maximum atomic E-state index is 12.4. The summed E-state index contributed by atoms with van der Waals surface area (Å²) in [5.41, 5.74) is 7.78. The monoisotopic (exact) mass is 280 g/mol. The van der Waals surface area contributed by atoms with E-state index in [2.05, 4.69) is 10.4 Å². The van der Waals surface area contributed by atoms with Gasteiger partial charge in [-0.05, 0) is 29.8 Å². The van der Waals surface area contributed by atoms with Crippen LogP contribution in [0.3, 0.4) is 0 Å². The Bertz CT molecular complexity index is 835. The summed E-state index contributed by atoms with van der Waals surface area (Å²) in [5.74, 6) is 0.409. The fraction of sp³-hybridized carbons (Fsp3) is 0.125. The molecular weight excluding hydrogens is 264 g/mol. The normalized spacial score (nSPS) is 10.8. The number of benzene rings is 2. The second kappa shape index (κ2) is 4.94. The molecule has 0 saturated carbocycles. The van der Waals surface area contributed by atoms with Crippen LogP contribution >= 0.6 is 0 Å². The number of aryl methyl sites for hydroxylation is 2. The minimum atomic E-state index is -0.235. The van der Waals surface area contributed by atoms with E-state index in [-0.39, 0.29) is 5.91 Å². The third-order valence-corrected chi connectivity index (χ3v) is 3.41. The Hall–Kier alpha value is -2.82. The van der Waals surface area contributed by atoms with Crippen molar-refractivity contribution in [3.05, 3.63) is 53.7 Å². The van der Waals surface area contributed by atoms with Gasteiger partial charge in [-0.3, -0.25) is 9.48 Å². The second-order valence-electron chi connectivity index (χ2n) is 5.04. The molecule has 0 saturated heterocycles. The largest absolute Gasteiger partial charge is 0.398 e. The van der Waals surface area contributed by atoms with Gasteiger partial charge in [0.2, 0.25) is 0 Å². The molecule has 3 N–H and O–H groups in total. The first-order valence-corrected chi connectivity index (χ1v) is 6.65. The summed E-state index contributed by atoms with van der Waals surface area (Å²) in [7, 11) is 1.78. The number of hydrogen-bond acceptors (Lipinski definition) is 3. The average molecular weight is 280 g/mol. The Morgan fingerprint density at radius 2 is 1.86 bits per heavy atom. The number of anilines is 2. The molecule has 0 fully saturated rings. The van der Waals surface area contributed by atoms with E-state index in [1.54, 1.807) is 11.7 Å². The van der Waals surface area contributed by atoms with E-state index < -0.39 is 0 Å². The quantitative estimate of drug-likeness (QED) is 0.709. The van der Waals surface area contributed by atoms with Crippen LogP contribution in [0.1, 0.15) is 16.1 Å². The number of carbonyl (C=O) groups excluding carboxylic acids is 1. The molecule has 0 unspecified atom stereocenters. The molecule has 0 aliphatic carbocycles. The third-order valence-electron chi connectivity index (χ3n) is 3.41. The molecule has 0 aliphatic heterocycles. The molecule has 3 rings (SSSR count). The highest BCUT2D eigenvalue weighted by Gasteiger charge is 2.13. The van der Waals surface area contributed by atoms with E-state index in [9.17, 15) is 4.79 Å². The van der Waals surface area contributed by atoms with Crippen molar-refractivity contribution in [2.24, 2.45) is 7.05 Å². The van der Waals surface area contributed by atoms with Gasteiger partial charge < -0.3 is 11.1 Å². The number of hydrogen-bond donors (Lipinski definition) is 2. The first kappa shape index (κ1) is 13.2. The predicted octanol–water partition coefficient (Wildman–Crippen LogP) is 2.72. The lowest BCUT2D eigenvalue weighted by Crippen LogP contribution is -2.16. The molecule has 2 aromatic carbocycles. The topological polar surface area (TPSA) is 72.9 Å². The number of nitrogens with two attached hydrogens (primary N) is 1. The molecule has 0 bridgehead atoms. The van der Waals surface area contributed by atoms with Crippen molar-refractivity contribution in [3.8, 4) is 0 Å². The van der Waals surface area contributed by atoms with Crippen molar-refractivity contribution in [3.63, 3.8) is 0 Å². The molecule has 5 heteroatoms. The fourth-order valence-electron chi connectivity index (χ4n) is 2.37. The summed E-state index contributed by atoms with van der Waals surface area (Å²) in [6.07, 6.45) is 0. The maximum absolute atomic E-state index is 12.4. The number of amides is 1. The second-order valence-corrected chi connectivity index (χ2v) is 5.04. The highest BCUT2D eigenvalue weighted by Crippen LogP contribution is 2.23. The van der Waals surface area contributed by atoms with Gasteiger partial charge in [-0.25, -0.2) is 0 Å². The number of carbonyl (C=O) groups is 1. The van der Waals surface area contributed by atoms with E-state index in [1.807, 2.05) is 49.4 Å². The van der Waals surface area contributed by atoms with Crippen LogP contribution < -0.4 is 11.1 Å². The third kappa shape index (κ3) is 2.45. The van der Waals surface area contributed by atoms with Crippen molar-refractivity contribution in [1.82, 2.24) is 9.78 Å². The van der Waals surface area contributed by atoms with E-state index in [0.29, 0.717) is 17.1 Å². The highest BCUT2D eigenvalue weighted by atomic mass is 16.1. The van der Waals surface area contributed by atoms with E-state index >= 15 is 0 Å². The Labute approximate surface area is 122 Å². The zero-order chi connectivity index (χ0) is 15.0. The van der Waals surface area contributed by atoms with E-state index in [4.69, 9.17) is 5.73 Å². The molecule has 1 aromatic heterocycles. The highest BCUT2D eigenvalue weighted by molar-refractivity contribution is 6.10. The van der Waals surface area contributed by atoms with Crippen LogP contribution in [0.4, 0.5) is 11.5 Å². The minimum absolute atomic E-state index is 0.235. The Kier molecular flexibility index (Phi) is 3.10. The van der Waals surface area contributed by atoms with Crippen LogP contribution in [0, 0.1) is 6.92 Å². The molecule has 5 nitrogen and oxygen atoms in total. The molecule has 0 aliphatic rings. The van der Waals surface area contributed by atoms with Gasteiger partial charge in [0.1, 0.15) is 5.82 Å². The lowest BCUT2D eigenvalue weighted by atomic mass is 10.0. The molecule has 0 atom stereocenters. The number of aromatic nitrogens is 2. The van der Waals surface area contributed by atoms with E-state index in [1.165, 1.54) is 0 Å². The van der Waals surface area contributed by atoms with Crippen LogP contribution in [0.5, 0.6) is 0 Å². The standard InChI is InChI=1S/C16H16N4O/c1-10-7-15(20(2)19-10)18-16(21)13-8-11-5-3-4-6-12(11)9-14(13)17/h3-9H,17H2,1-2H3,(H,18,21). The maximum Gasteiger partial charge on any atom is 0.258 e. The first-order chi connectivity index (χ1) is 10.0. The van der Waals surface area contributed by atoms with Crippen LogP contribution in [0.25, 0.3) is 10.8 Å². The number of rotatable bonds is 2. The van der Waals surface area contributed by atoms with Crippen LogP contribution in [-0.4, -0.2) is 15.7 Å². The first-order valence-electron chi connectivity index (χ1n) is 6.65. The predicted molar refractivity (Wildman–Crippen MR) is 84.3 cm³/mol. The average Bonchev–Trinajstić information content (AvgIpc) is 2.76. The molecule has 21 heavy (non-hydrogen) atoms. The summed E-state index contributed by atoms with van der Waals surface area (Å²) in [4.78, 5) is 12.4. The number of nitrogen functional groups attached to an aromatic ring is 1. The van der Waals surface area contributed by atoms with Gasteiger partial charge in [0.15, 0.2) is 0 Å². The van der Waals surface area contributed by atoms with Crippen molar-refractivity contribution >= 4 is 28.2 Å². The number of nitrogens with one attached hydrogen (secondary N) is 1. The summed E-state index contributed by atoms with van der Waals surface area (Å²) in [6, 6.07) is 13.2. The minimum Gasteiger partial charge on any atom is -0.398 e.